The molecular weight excluding hydrogens is 240 g/mol. The van der Waals surface area contributed by atoms with Gasteiger partial charge in [0.2, 0.25) is 0 Å². The molecule has 1 heterocycles. The van der Waals surface area contributed by atoms with Crippen LogP contribution in [-0.4, -0.2) is 15.8 Å². The number of nitrogens with zero attached hydrogens (tertiary/aromatic N) is 1. The van der Waals surface area contributed by atoms with Crippen LogP contribution in [0.25, 0.3) is 10.9 Å². The summed E-state index contributed by atoms with van der Waals surface area (Å²) in [6.45, 7) is 4.23. The topological polar surface area (TPSA) is 54.3 Å². The lowest BCUT2D eigenvalue weighted by Crippen LogP contribution is -2.35. The highest BCUT2D eigenvalue weighted by molar-refractivity contribution is 5.85. The molecule has 1 unspecified atom stereocenters. The second-order valence-electron chi connectivity index (χ2n) is 4.74. The number of benzene rings is 1. The molecule has 0 saturated carbocycles. The predicted molar refractivity (Wildman–Crippen MR) is 78.2 cm³/mol. The average Bonchev–Trinajstić information content (AvgIpc) is 2.42. The van der Waals surface area contributed by atoms with Crippen molar-refractivity contribution in [2.45, 2.75) is 39.2 Å². The fourth-order valence-corrected chi connectivity index (χ4v) is 2.29. The van der Waals surface area contributed by atoms with E-state index >= 15 is 0 Å². The average molecular weight is 260 g/mol. The SMILES string of the molecule is CCCC(CC)Nn1c(=O)cc(O)c2ccccc21. The molecule has 0 saturated heterocycles. The standard InChI is InChI=1S/C15H20N2O2/c1-3-7-11(4-2)16-17-13-9-6-5-8-12(13)14(18)10-15(17)19/h5-6,8-11,16,18H,3-4,7H2,1-2H3. The lowest BCUT2D eigenvalue weighted by atomic mass is 10.1. The monoisotopic (exact) mass is 260 g/mol. The minimum atomic E-state index is -0.231. The summed E-state index contributed by atoms with van der Waals surface area (Å²) in [5.41, 5.74) is 3.74. The Balaban J connectivity index is 2.50. The molecule has 0 amide bonds. The van der Waals surface area contributed by atoms with Crippen LogP contribution in [0, 0.1) is 0 Å². The number of hydrogen-bond donors (Lipinski definition) is 2. The summed E-state index contributed by atoms with van der Waals surface area (Å²) in [6.07, 6.45) is 3.03. The Morgan fingerprint density at radius 3 is 2.74 bits per heavy atom. The second-order valence-corrected chi connectivity index (χ2v) is 4.74. The lowest BCUT2D eigenvalue weighted by Gasteiger charge is -2.20. The predicted octanol–water partition coefficient (Wildman–Crippen LogP) is 2.83. The third-order valence-electron chi connectivity index (χ3n) is 3.34. The van der Waals surface area contributed by atoms with Gasteiger partial charge in [0.15, 0.2) is 0 Å². The smallest absolute Gasteiger partial charge is 0.273 e. The molecule has 0 radical (unpaired) electrons. The molecule has 4 nitrogen and oxygen atoms in total. The number of fused-ring (bicyclic) bond motifs is 1. The first-order chi connectivity index (χ1) is 9.17. The van der Waals surface area contributed by atoms with Crippen molar-refractivity contribution in [2.75, 3.05) is 5.43 Å². The maximum absolute atomic E-state index is 12.1. The maximum Gasteiger partial charge on any atom is 0.273 e. The molecule has 0 fully saturated rings. The van der Waals surface area contributed by atoms with Crippen LogP contribution in [-0.2, 0) is 0 Å². The van der Waals surface area contributed by atoms with Crippen LogP contribution in [0.1, 0.15) is 33.1 Å². The van der Waals surface area contributed by atoms with Gasteiger partial charge < -0.3 is 10.5 Å². The van der Waals surface area contributed by atoms with Gasteiger partial charge in [0, 0.05) is 17.5 Å². The molecule has 1 aromatic heterocycles. The first-order valence-electron chi connectivity index (χ1n) is 6.77. The van der Waals surface area contributed by atoms with Gasteiger partial charge in [-0.15, -0.1) is 0 Å². The number of aromatic nitrogens is 1. The van der Waals surface area contributed by atoms with Crippen molar-refractivity contribution in [1.82, 2.24) is 4.68 Å². The van der Waals surface area contributed by atoms with E-state index in [1.165, 1.54) is 6.07 Å². The quantitative estimate of drug-likeness (QED) is 0.869. The molecule has 2 rings (SSSR count). The Bertz CT molecular complexity index is 619. The molecule has 102 valence electrons. The molecule has 0 bridgehead atoms. The number of para-hydroxylation sites is 1. The van der Waals surface area contributed by atoms with Crippen LogP contribution in [0.3, 0.4) is 0 Å². The minimum absolute atomic E-state index is 0.0298. The van der Waals surface area contributed by atoms with E-state index in [0.29, 0.717) is 10.9 Å². The Morgan fingerprint density at radius 1 is 1.32 bits per heavy atom. The third-order valence-corrected chi connectivity index (χ3v) is 3.34. The Labute approximate surface area is 112 Å². The Hall–Kier alpha value is -1.97. The van der Waals surface area contributed by atoms with Crippen molar-refractivity contribution in [2.24, 2.45) is 0 Å². The van der Waals surface area contributed by atoms with Crippen LogP contribution in [0.4, 0.5) is 0 Å². The van der Waals surface area contributed by atoms with Gasteiger partial charge in [0.25, 0.3) is 5.56 Å². The van der Waals surface area contributed by atoms with Gasteiger partial charge in [-0.2, -0.15) is 0 Å². The molecule has 0 spiro atoms. The molecule has 0 aliphatic carbocycles. The van der Waals surface area contributed by atoms with E-state index < -0.39 is 0 Å². The van der Waals surface area contributed by atoms with Gasteiger partial charge in [-0.25, -0.2) is 4.68 Å². The van der Waals surface area contributed by atoms with E-state index in [1.807, 2.05) is 24.3 Å². The highest BCUT2D eigenvalue weighted by atomic mass is 16.3. The zero-order chi connectivity index (χ0) is 13.8. The number of hydrogen-bond acceptors (Lipinski definition) is 3. The summed E-state index contributed by atoms with van der Waals surface area (Å²) in [7, 11) is 0. The van der Waals surface area contributed by atoms with Crippen molar-refractivity contribution in [1.29, 1.82) is 0 Å². The first-order valence-corrected chi connectivity index (χ1v) is 6.77. The second kappa shape index (κ2) is 5.78. The van der Waals surface area contributed by atoms with Gasteiger partial charge in [-0.3, -0.25) is 4.79 Å². The summed E-state index contributed by atoms with van der Waals surface area (Å²) in [4.78, 5) is 12.1. The van der Waals surface area contributed by atoms with Crippen molar-refractivity contribution in [3.63, 3.8) is 0 Å². The van der Waals surface area contributed by atoms with E-state index in [2.05, 4.69) is 19.3 Å². The van der Waals surface area contributed by atoms with Crippen LogP contribution in [0.2, 0.25) is 0 Å². The van der Waals surface area contributed by atoms with Crippen LogP contribution in [0.5, 0.6) is 5.75 Å². The molecule has 1 aromatic carbocycles. The molecule has 2 N–H and O–H groups in total. The van der Waals surface area contributed by atoms with E-state index in [1.54, 1.807) is 4.68 Å². The fourth-order valence-electron chi connectivity index (χ4n) is 2.29. The summed E-state index contributed by atoms with van der Waals surface area (Å²) in [5.74, 6) is 0.0298. The molecule has 0 aliphatic rings. The lowest BCUT2D eigenvalue weighted by molar-refractivity contribution is 0.478. The van der Waals surface area contributed by atoms with Crippen molar-refractivity contribution < 1.29 is 5.11 Å². The number of rotatable bonds is 5. The van der Waals surface area contributed by atoms with Crippen molar-refractivity contribution in [3.05, 3.63) is 40.7 Å². The fraction of sp³-hybridized carbons (Fsp3) is 0.400. The molecule has 19 heavy (non-hydrogen) atoms. The molecule has 0 aliphatic heterocycles. The van der Waals surface area contributed by atoms with Crippen molar-refractivity contribution in [3.8, 4) is 5.75 Å². The van der Waals surface area contributed by atoms with Crippen LogP contribution < -0.4 is 11.0 Å². The molecule has 4 heteroatoms. The van der Waals surface area contributed by atoms with Gasteiger partial charge in [0.1, 0.15) is 5.75 Å². The van der Waals surface area contributed by atoms with Gasteiger partial charge in [0.05, 0.1) is 5.52 Å². The Kier molecular flexibility index (Phi) is 4.10. The largest absolute Gasteiger partial charge is 0.507 e. The zero-order valence-electron chi connectivity index (χ0n) is 11.4. The van der Waals surface area contributed by atoms with E-state index in [9.17, 15) is 9.90 Å². The van der Waals surface area contributed by atoms with Gasteiger partial charge >= 0.3 is 0 Å². The zero-order valence-corrected chi connectivity index (χ0v) is 11.4. The molecule has 1 atom stereocenters. The van der Waals surface area contributed by atoms with Gasteiger partial charge in [-0.1, -0.05) is 32.4 Å². The summed E-state index contributed by atoms with van der Waals surface area (Å²) < 4.78 is 1.54. The Morgan fingerprint density at radius 2 is 2.05 bits per heavy atom. The molecular formula is C15H20N2O2. The first kappa shape index (κ1) is 13.5. The van der Waals surface area contributed by atoms with Crippen LogP contribution >= 0.6 is 0 Å². The number of pyridine rings is 1. The minimum Gasteiger partial charge on any atom is -0.507 e. The summed E-state index contributed by atoms with van der Waals surface area (Å²) in [6, 6.07) is 8.87. The molecule has 2 aromatic rings. The summed E-state index contributed by atoms with van der Waals surface area (Å²) in [5, 5.41) is 10.5. The van der Waals surface area contributed by atoms with Crippen LogP contribution in [0.15, 0.2) is 35.1 Å². The number of nitrogens with one attached hydrogen (secondary N) is 1. The highest BCUT2D eigenvalue weighted by Crippen LogP contribution is 2.21. The summed E-state index contributed by atoms with van der Waals surface area (Å²) >= 11 is 0. The number of aromatic hydroxyl groups is 1. The normalized spacial score (nSPS) is 12.5. The van der Waals surface area contributed by atoms with E-state index in [0.717, 1.165) is 19.3 Å². The van der Waals surface area contributed by atoms with E-state index in [4.69, 9.17) is 0 Å². The van der Waals surface area contributed by atoms with Gasteiger partial charge in [-0.05, 0) is 25.0 Å². The van der Waals surface area contributed by atoms with Crippen molar-refractivity contribution >= 4 is 10.9 Å². The highest BCUT2D eigenvalue weighted by Gasteiger charge is 2.10. The third kappa shape index (κ3) is 2.72. The van der Waals surface area contributed by atoms with E-state index in [-0.39, 0.29) is 17.4 Å². The maximum atomic E-state index is 12.1.